The molecule has 264 valence electrons. The monoisotopic (exact) mass is 695 g/mol. The van der Waals surface area contributed by atoms with Crippen molar-refractivity contribution in [1.82, 2.24) is 15.3 Å². The van der Waals surface area contributed by atoms with E-state index in [2.05, 4.69) is 5.32 Å². The fraction of sp³-hybridized carbons (Fsp3) is 0.793. The van der Waals surface area contributed by atoms with Crippen LogP contribution >= 0.6 is 21.6 Å². The number of rotatable bonds is 27. The van der Waals surface area contributed by atoms with Gasteiger partial charge in [0.25, 0.3) is 11.8 Å². The average molecular weight is 696 g/mol. The lowest BCUT2D eigenvalue weighted by atomic mass is 10.1. The Morgan fingerprint density at radius 1 is 0.891 bits per heavy atom. The van der Waals surface area contributed by atoms with E-state index in [0.29, 0.717) is 64.1 Å². The number of ether oxygens (including phenoxy) is 4. The molecule has 0 bridgehead atoms. The van der Waals surface area contributed by atoms with Gasteiger partial charge in [0, 0.05) is 49.8 Å². The summed E-state index contributed by atoms with van der Waals surface area (Å²) in [5.74, 6) is -2.23. The van der Waals surface area contributed by atoms with Crippen LogP contribution in [0.2, 0.25) is 0 Å². The van der Waals surface area contributed by atoms with Crippen molar-refractivity contribution in [3.05, 3.63) is 0 Å². The van der Waals surface area contributed by atoms with Crippen LogP contribution in [0, 0.1) is 0 Å². The predicted octanol–water partition coefficient (Wildman–Crippen LogP) is 1.82. The van der Waals surface area contributed by atoms with Gasteiger partial charge in [0.15, 0.2) is 0 Å². The van der Waals surface area contributed by atoms with Crippen LogP contribution in [0.3, 0.4) is 0 Å². The van der Waals surface area contributed by atoms with Gasteiger partial charge in [-0.15, -0.1) is 5.06 Å². The molecule has 15 nitrogen and oxygen atoms in total. The number of carboxylic acids is 1. The lowest BCUT2D eigenvalue weighted by molar-refractivity contribution is -0.198. The van der Waals surface area contributed by atoms with Crippen molar-refractivity contribution in [1.29, 1.82) is 0 Å². The van der Waals surface area contributed by atoms with Crippen LogP contribution < -0.4 is 5.32 Å². The number of likely N-dealkylation sites (N-methyl/N-ethyl adjacent to an activating group) is 1. The molecule has 0 radical (unpaired) electrons. The van der Waals surface area contributed by atoms with Crippen molar-refractivity contribution in [2.75, 3.05) is 72.2 Å². The maximum atomic E-state index is 12.2. The minimum atomic E-state index is -1.03. The highest BCUT2D eigenvalue weighted by Gasteiger charge is 2.32. The molecule has 1 fully saturated rings. The van der Waals surface area contributed by atoms with Crippen LogP contribution in [0.4, 0.5) is 0 Å². The van der Waals surface area contributed by atoms with E-state index in [1.807, 2.05) is 13.8 Å². The Kier molecular flexibility index (Phi) is 21.5. The van der Waals surface area contributed by atoms with E-state index in [4.69, 9.17) is 28.9 Å². The van der Waals surface area contributed by atoms with Gasteiger partial charge >= 0.3 is 11.9 Å². The number of carbonyl (C=O) groups is 6. The molecule has 17 heteroatoms. The largest absolute Gasteiger partial charge is 0.480 e. The molecule has 0 unspecified atom stereocenters. The molecule has 0 saturated carbocycles. The number of carbonyl (C=O) groups excluding carboxylic acids is 5. The Morgan fingerprint density at radius 2 is 1.43 bits per heavy atom. The van der Waals surface area contributed by atoms with Gasteiger partial charge in [-0.3, -0.25) is 19.2 Å². The van der Waals surface area contributed by atoms with E-state index in [1.54, 1.807) is 21.6 Å². The number of imide groups is 1. The van der Waals surface area contributed by atoms with Crippen LogP contribution in [-0.2, 0) is 52.6 Å². The number of aliphatic carboxylic acids is 1. The summed E-state index contributed by atoms with van der Waals surface area (Å²) in [6, 6.07) is -0.854. The van der Waals surface area contributed by atoms with Gasteiger partial charge < -0.3 is 39.1 Å². The zero-order valence-electron chi connectivity index (χ0n) is 27.2. The maximum Gasteiger partial charge on any atom is 0.335 e. The third-order valence-electron chi connectivity index (χ3n) is 6.52. The summed E-state index contributed by atoms with van der Waals surface area (Å²) in [6.45, 7) is 8.51. The Bertz CT molecular complexity index is 969. The lowest BCUT2D eigenvalue weighted by Crippen LogP contribution is -2.40. The molecule has 0 aromatic rings. The summed E-state index contributed by atoms with van der Waals surface area (Å²) in [5.41, 5.74) is 0. The van der Waals surface area contributed by atoms with Gasteiger partial charge in [0.05, 0.1) is 59.3 Å². The SMILES string of the molecule is C[C@@H](C(=O)O)N(C)C(=O)CCC(C)(C)SSCCCC(=O)NCCOCCOCCOCCOCCC(=O)ON1C(=O)CCC1=O. The molecule has 0 aromatic heterocycles. The number of nitrogens with zero attached hydrogens (tertiary/aromatic N) is 2. The number of hydrogen-bond acceptors (Lipinski definition) is 13. The predicted molar refractivity (Wildman–Crippen MR) is 171 cm³/mol. The standard InChI is InChI=1S/C29H49N3O12S2/c1-22(28(38)39)31(4)24(34)9-11-29(2,3)46-45-21-5-6-23(33)30-12-14-41-16-18-43-20-19-42-17-15-40-13-10-27(37)44-32-25(35)7-8-26(32)36/h22H,5-21H2,1-4H3,(H,30,33)(H,38,39)/t22-/m0/s1. The molecule has 46 heavy (non-hydrogen) atoms. The van der Waals surface area contributed by atoms with Crippen molar-refractivity contribution in [2.24, 2.45) is 0 Å². The van der Waals surface area contributed by atoms with E-state index < -0.39 is 29.8 Å². The van der Waals surface area contributed by atoms with E-state index in [1.165, 1.54) is 18.9 Å². The van der Waals surface area contributed by atoms with Crippen LogP contribution in [-0.4, -0.2) is 134 Å². The van der Waals surface area contributed by atoms with E-state index in [9.17, 15) is 28.8 Å². The van der Waals surface area contributed by atoms with Gasteiger partial charge in [-0.1, -0.05) is 21.6 Å². The third kappa shape index (κ3) is 19.3. The Hall–Kier alpha value is -2.44. The highest BCUT2D eigenvalue weighted by Crippen LogP contribution is 2.39. The van der Waals surface area contributed by atoms with Gasteiger partial charge in [-0.2, -0.15) is 0 Å². The first-order valence-electron chi connectivity index (χ1n) is 15.3. The fourth-order valence-electron chi connectivity index (χ4n) is 3.57. The molecule has 1 aliphatic rings. The van der Waals surface area contributed by atoms with Crippen molar-refractivity contribution < 1.29 is 57.7 Å². The maximum absolute atomic E-state index is 12.2. The molecule has 1 aliphatic heterocycles. The zero-order chi connectivity index (χ0) is 34.4. The van der Waals surface area contributed by atoms with Crippen LogP contribution in [0.15, 0.2) is 0 Å². The number of carboxylic acid groups (broad SMARTS) is 1. The smallest absolute Gasteiger partial charge is 0.335 e. The molecule has 1 saturated heterocycles. The second-order valence-corrected chi connectivity index (χ2v) is 14.0. The van der Waals surface area contributed by atoms with Crippen molar-refractivity contribution >= 4 is 57.2 Å². The number of hydroxylamine groups is 2. The summed E-state index contributed by atoms with van der Waals surface area (Å²) in [4.78, 5) is 75.7. The Labute approximate surface area is 278 Å². The molecule has 0 spiro atoms. The summed E-state index contributed by atoms with van der Waals surface area (Å²) in [7, 11) is 4.83. The van der Waals surface area contributed by atoms with Gasteiger partial charge in [0.2, 0.25) is 11.8 Å². The normalized spacial score (nSPS) is 14.0. The molecule has 0 aliphatic carbocycles. The molecular formula is C29H49N3O12S2. The van der Waals surface area contributed by atoms with Gasteiger partial charge in [-0.05, 0) is 33.6 Å². The van der Waals surface area contributed by atoms with Gasteiger partial charge in [-0.25, -0.2) is 9.59 Å². The van der Waals surface area contributed by atoms with E-state index >= 15 is 0 Å². The molecule has 1 heterocycles. The molecule has 0 aromatic carbocycles. The Morgan fingerprint density at radius 3 is 2.00 bits per heavy atom. The molecule has 1 atom stereocenters. The highest BCUT2D eigenvalue weighted by molar-refractivity contribution is 8.77. The summed E-state index contributed by atoms with van der Waals surface area (Å²) < 4.78 is 21.3. The number of hydrogen-bond donors (Lipinski definition) is 2. The molecule has 1 rings (SSSR count). The van der Waals surface area contributed by atoms with E-state index in [-0.39, 0.29) is 55.5 Å². The molecule has 2 N–H and O–H groups in total. The minimum absolute atomic E-state index is 0.0398. The zero-order valence-corrected chi connectivity index (χ0v) is 28.9. The van der Waals surface area contributed by atoms with Crippen molar-refractivity contribution in [2.45, 2.75) is 76.5 Å². The minimum Gasteiger partial charge on any atom is -0.480 e. The first-order valence-corrected chi connectivity index (χ1v) is 17.6. The summed E-state index contributed by atoms with van der Waals surface area (Å²) in [6.07, 6.45) is 2.03. The second kappa shape index (κ2) is 23.8. The second-order valence-electron chi connectivity index (χ2n) is 10.9. The summed E-state index contributed by atoms with van der Waals surface area (Å²) >= 11 is 0. The fourth-order valence-corrected chi connectivity index (χ4v) is 6.23. The lowest BCUT2D eigenvalue weighted by Gasteiger charge is -2.26. The molecular weight excluding hydrogens is 646 g/mol. The number of amides is 4. The average Bonchev–Trinajstić information content (AvgIpc) is 3.32. The van der Waals surface area contributed by atoms with Gasteiger partial charge in [0.1, 0.15) is 6.04 Å². The quantitative estimate of drug-likeness (QED) is 0.0720. The highest BCUT2D eigenvalue weighted by atomic mass is 33.1. The summed E-state index contributed by atoms with van der Waals surface area (Å²) in [5, 5.41) is 12.4. The van der Waals surface area contributed by atoms with Crippen molar-refractivity contribution in [3.63, 3.8) is 0 Å². The van der Waals surface area contributed by atoms with Crippen LogP contribution in [0.5, 0.6) is 0 Å². The third-order valence-corrected chi connectivity index (χ3v) is 9.96. The van der Waals surface area contributed by atoms with E-state index in [0.717, 1.165) is 12.2 Å². The molecule has 4 amide bonds. The first kappa shape index (κ1) is 41.6. The number of nitrogens with one attached hydrogen (secondary N) is 1. The topological polar surface area (TPSA) is 187 Å². The van der Waals surface area contributed by atoms with Crippen LogP contribution in [0.1, 0.15) is 65.7 Å². The first-order chi connectivity index (χ1) is 21.8. The Balaban J connectivity index is 1.87. The van der Waals surface area contributed by atoms with Crippen LogP contribution in [0.25, 0.3) is 0 Å². The van der Waals surface area contributed by atoms with Crippen molar-refractivity contribution in [3.8, 4) is 0 Å².